The van der Waals surface area contributed by atoms with Crippen molar-refractivity contribution in [2.45, 2.75) is 33.0 Å². The molecule has 20 heavy (non-hydrogen) atoms. The van der Waals surface area contributed by atoms with E-state index in [1.807, 2.05) is 0 Å². The molecule has 0 aliphatic carbocycles. The fourth-order valence-electron chi connectivity index (χ4n) is 1.83. The number of rotatable bonds is 4. The molecule has 0 unspecified atom stereocenters. The zero-order valence-corrected chi connectivity index (χ0v) is 11.0. The summed E-state index contributed by atoms with van der Waals surface area (Å²) in [7, 11) is 0. The second-order valence-corrected chi connectivity index (χ2v) is 4.42. The number of aryl methyl sites for hydroxylation is 2. The van der Waals surface area contributed by atoms with E-state index >= 15 is 0 Å². The van der Waals surface area contributed by atoms with Gasteiger partial charge in [-0.3, -0.25) is 4.68 Å². The van der Waals surface area contributed by atoms with E-state index in [0.717, 1.165) is 4.68 Å². The van der Waals surface area contributed by atoms with E-state index in [2.05, 4.69) is 10.1 Å². The van der Waals surface area contributed by atoms with Gasteiger partial charge in [-0.1, -0.05) is 0 Å². The van der Waals surface area contributed by atoms with Crippen molar-refractivity contribution in [2.24, 2.45) is 0 Å². The Morgan fingerprint density at radius 2 is 2.05 bits per heavy atom. The van der Waals surface area contributed by atoms with Gasteiger partial charge in [0.1, 0.15) is 12.3 Å². The first kappa shape index (κ1) is 14.6. The molecule has 0 aromatic carbocycles. The van der Waals surface area contributed by atoms with E-state index in [4.69, 9.17) is 9.52 Å². The van der Waals surface area contributed by atoms with Crippen LogP contribution >= 0.6 is 0 Å². The smallest absolute Gasteiger partial charge is 0.435 e. The maximum absolute atomic E-state index is 12.8. The Hall–Kier alpha value is -1.83. The van der Waals surface area contributed by atoms with Gasteiger partial charge in [-0.25, -0.2) is 4.98 Å². The van der Waals surface area contributed by atoms with Crippen LogP contribution in [0.1, 0.15) is 28.6 Å². The minimum absolute atomic E-state index is 0.0171. The number of halogens is 3. The topological polar surface area (TPSA) is 64.1 Å². The predicted molar refractivity (Wildman–Crippen MR) is 63.1 cm³/mol. The van der Waals surface area contributed by atoms with E-state index in [1.165, 1.54) is 6.20 Å². The lowest BCUT2D eigenvalue weighted by Crippen LogP contribution is -2.11. The quantitative estimate of drug-likeness (QED) is 0.936. The molecule has 0 radical (unpaired) electrons. The standard InChI is InChI=1S/C12H14F3N3O2/c1-7-8(2)20-10(16-7)6-18-5-9(3-4-19)11(17-18)12(13,14)15/h5,19H,3-4,6H2,1-2H3. The molecule has 0 amide bonds. The first-order valence-corrected chi connectivity index (χ1v) is 5.98. The van der Waals surface area contributed by atoms with E-state index in [0.29, 0.717) is 17.3 Å². The maximum atomic E-state index is 12.8. The number of oxazole rings is 1. The van der Waals surface area contributed by atoms with Crippen molar-refractivity contribution in [3.8, 4) is 0 Å². The van der Waals surface area contributed by atoms with E-state index in [-0.39, 0.29) is 25.1 Å². The largest absolute Gasteiger partial charge is 0.444 e. The van der Waals surface area contributed by atoms with Crippen molar-refractivity contribution >= 4 is 0 Å². The highest BCUT2D eigenvalue weighted by atomic mass is 19.4. The number of hydrogen-bond donors (Lipinski definition) is 1. The van der Waals surface area contributed by atoms with Gasteiger partial charge in [0.05, 0.1) is 5.69 Å². The molecule has 0 atom stereocenters. The maximum Gasteiger partial charge on any atom is 0.435 e. The van der Waals surface area contributed by atoms with Crippen LogP contribution in [0.15, 0.2) is 10.6 Å². The Bertz CT molecular complexity index is 582. The first-order valence-electron chi connectivity index (χ1n) is 5.98. The lowest BCUT2D eigenvalue weighted by Gasteiger charge is -2.04. The number of aliphatic hydroxyl groups is 1. The number of alkyl halides is 3. The average Bonchev–Trinajstić information content (AvgIpc) is 2.84. The molecule has 2 aromatic rings. The molecule has 2 aromatic heterocycles. The predicted octanol–water partition coefficient (Wildman–Crippen LogP) is 2.09. The number of aromatic nitrogens is 3. The zero-order chi connectivity index (χ0) is 14.9. The van der Waals surface area contributed by atoms with Crippen LogP contribution in [-0.2, 0) is 19.1 Å². The monoisotopic (exact) mass is 289 g/mol. The molecular formula is C12H14F3N3O2. The number of nitrogens with zero attached hydrogens (tertiary/aromatic N) is 3. The molecule has 8 heteroatoms. The highest BCUT2D eigenvalue weighted by Crippen LogP contribution is 2.31. The molecule has 0 aliphatic heterocycles. The Kier molecular flexibility index (Phi) is 3.85. The van der Waals surface area contributed by atoms with Crippen molar-refractivity contribution in [3.05, 3.63) is 34.8 Å². The third-order valence-electron chi connectivity index (χ3n) is 2.86. The summed E-state index contributed by atoms with van der Waals surface area (Å²) in [6.07, 6.45) is -3.38. The minimum Gasteiger partial charge on any atom is -0.444 e. The fraction of sp³-hybridized carbons (Fsp3) is 0.500. The third-order valence-corrected chi connectivity index (χ3v) is 2.86. The van der Waals surface area contributed by atoms with Crippen molar-refractivity contribution in [1.29, 1.82) is 0 Å². The molecule has 5 nitrogen and oxygen atoms in total. The molecule has 1 N–H and O–H groups in total. The van der Waals surface area contributed by atoms with E-state index < -0.39 is 11.9 Å². The highest BCUT2D eigenvalue weighted by Gasteiger charge is 2.36. The normalized spacial score (nSPS) is 12.1. The van der Waals surface area contributed by atoms with Crippen LogP contribution in [0, 0.1) is 13.8 Å². The summed E-state index contributed by atoms with van der Waals surface area (Å²) in [6.45, 7) is 3.13. The molecule has 0 spiro atoms. The Morgan fingerprint density at radius 1 is 1.35 bits per heavy atom. The van der Waals surface area contributed by atoms with Crippen LogP contribution in [0.5, 0.6) is 0 Å². The third kappa shape index (κ3) is 3.01. The Labute approximate surface area is 113 Å². The molecular weight excluding hydrogens is 275 g/mol. The second-order valence-electron chi connectivity index (χ2n) is 4.42. The van der Waals surface area contributed by atoms with Gasteiger partial charge in [-0.2, -0.15) is 18.3 Å². The lowest BCUT2D eigenvalue weighted by atomic mass is 10.2. The van der Waals surface area contributed by atoms with Gasteiger partial charge in [-0.15, -0.1) is 0 Å². The molecule has 0 saturated heterocycles. The van der Waals surface area contributed by atoms with Crippen LogP contribution in [0.2, 0.25) is 0 Å². The molecule has 0 aliphatic rings. The average molecular weight is 289 g/mol. The van der Waals surface area contributed by atoms with Gasteiger partial charge in [0, 0.05) is 18.4 Å². The van der Waals surface area contributed by atoms with Crippen molar-refractivity contribution in [2.75, 3.05) is 6.61 Å². The van der Waals surface area contributed by atoms with Gasteiger partial charge in [0.15, 0.2) is 5.69 Å². The van der Waals surface area contributed by atoms with Crippen LogP contribution in [0.4, 0.5) is 13.2 Å². The van der Waals surface area contributed by atoms with Crippen LogP contribution in [0.3, 0.4) is 0 Å². The van der Waals surface area contributed by atoms with Crippen molar-refractivity contribution in [1.82, 2.24) is 14.8 Å². The van der Waals surface area contributed by atoms with Crippen LogP contribution < -0.4 is 0 Å². The van der Waals surface area contributed by atoms with Gasteiger partial charge < -0.3 is 9.52 Å². The van der Waals surface area contributed by atoms with Crippen LogP contribution in [0.25, 0.3) is 0 Å². The van der Waals surface area contributed by atoms with Crippen molar-refractivity contribution in [3.63, 3.8) is 0 Å². The molecule has 0 saturated carbocycles. The summed E-state index contributed by atoms with van der Waals surface area (Å²) >= 11 is 0. The lowest BCUT2D eigenvalue weighted by molar-refractivity contribution is -0.142. The van der Waals surface area contributed by atoms with E-state index in [1.54, 1.807) is 13.8 Å². The number of hydrogen-bond acceptors (Lipinski definition) is 4. The van der Waals surface area contributed by atoms with Gasteiger partial charge >= 0.3 is 6.18 Å². The SMILES string of the molecule is Cc1nc(Cn2cc(CCO)c(C(F)(F)F)n2)oc1C. The molecule has 2 rings (SSSR count). The highest BCUT2D eigenvalue weighted by molar-refractivity contribution is 5.20. The minimum atomic E-state index is -4.54. The summed E-state index contributed by atoms with van der Waals surface area (Å²) in [5.41, 5.74) is -0.328. The molecule has 0 fully saturated rings. The summed E-state index contributed by atoms with van der Waals surface area (Å²) in [6, 6.07) is 0. The first-order chi connectivity index (χ1) is 9.31. The molecule has 110 valence electrons. The Morgan fingerprint density at radius 3 is 2.55 bits per heavy atom. The van der Waals surface area contributed by atoms with Crippen LogP contribution in [-0.4, -0.2) is 26.5 Å². The second kappa shape index (κ2) is 5.28. The summed E-state index contributed by atoms with van der Waals surface area (Å²) in [5.74, 6) is 0.922. The van der Waals surface area contributed by atoms with E-state index in [9.17, 15) is 13.2 Å². The van der Waals surface area contributed by atoms with Gasteiger partial charge in [0.25, 0.3) is 0 Å². The summed E-state index contributed by atoms with van der Waals surface area (Å²) in [5, 5.41) is 12.3. The van der Waals surface area contributed by atoms with Gasteiger partial charge in [0.2, 0.25) is 5.89 Å². The number of aliphatic hydroxyl groups excluding tert-OH is 1. The fourth-order valence-corrected chi connectivity index (χ4v) is 1.83. The molecule has 0 bridgehead atoms. The molecule has 2 heterocycles. The summed E-state index contributed by atoms with van der Waals surface area (Å²) in [4.78, 5) is 4.09. The zero-order valence-electron chi connectivity index (χ0n) is 11.0. The Balaban J connectivity index is 2.28. The summed E-state index contributed by atoms with van der Waals surface area (Å²) < 4.78 is 44.8. The van der Waals surface area contributed by atoms with Crippen molar-refractivity contribution < 1.29 is 22.7 Å². The van der Waals surface area contributed by atoms with Gasteiger partial charge in [-0.05, 0) is 20.3 Å².